The molecule has 1 rings (SSSR count). The average Bonchev–Trinajstić information content (AvgIpc) is 2.76. The lowest BCUT2D eigenvalue weighted by Gasteiger charge is -2.11. The van der Waals surface area contributed by atoms with Crippen LogP contribution in [0.2, 0.25) is 0 Å². The molecule has 4 nitrogen and oxygen atoms in total. The van der Waals surface area contributed by atoms with Gasteiger partial charge in [-0.25, -0.2) is 8.42 Å². The van der Waals surface area contributed by atoms with Crippen molar-refractivity contribution >= 4 is 9.84 Å². The standard InChI is InChI=1S/C12H25NO3S/c1-2-10-17(14,15)11-8-13-7-9-16-12-5-3-4-6-12/h12-13H,2-11H2,1H3. The highest BCUT2D eigenvalue weighted by Gasteiger charge is 2.14. The zero-order valence-electron chi connectivity index (χ0n) is 10.8. The van der Waals surface area contributed by atoms with E-state index in [0.29, 0.717) is 31.4 Å². The van der Waals surface area contributed by atoms with Gasteiger partial charge in [-0.15, -0.1) is 0 Å². The van der Waals surface area contributed by atoms with Crippen LogP contribution in [-0.2, 0) is 14.6 Å². The summed E-state index contributed by atoms with van der Waals surface area (Å²) in [5.41, 5.74) is 0. The minimum atomic E-state index is -2.84. The van der Waals surface area contributed by atoms with Crippen molar-refractivity contribution in [2.24, 2.45) is 0 Å². The van der Waals surface area contributed by atoms with Gasteiger partial charge in [0.25, 0.3) is 0 Å². The van der Waals surface area contributed by atoms with E-state index in [0.717, 1.165) is 6.54 Å². The van der Waals surface area contributed by atoms with Crippen molar-refractivity contribution in [3.8, 4) is 0 Å². The van der Waals surface area contributed by atoms with E-state index in [9.17, 15) is 8.42 Å². The number of rotatable bonds is 9. The van der Waals surface area contributed by atoms with E-state index in [2.05, 4.69) is 5.32 Å². The van der Waals surface area contributed by atoms with Crippen molar-refractivity contribution in [3.05, 3.63) is 0 Å². The third-order valence-corrected chi connectivity index (χ3v) is 4.90. The van der Waals surface area contributed by atoms with Gasteiger partial charge in [0.05, 0.1) is 18.5 Å². The summed E-state index contributed by atoms with van der Waals surface area (Å²) in [6.07, 6.45) is 6.09. The van der Waals surface area contributed by atoms with Crippen molar-refractivity contribution in [2.75, 3.05) is 31.2 Å². The Bertz CT molecular complexity index is 284. The lowest BCUT2D eigenvalue weighted by atomic mass is 10.3. The molecule has 0 atom stereocenters. The molecule has 0 aromatic carbocycles. The van der Waals surface area contributed by atoms with Crippen molar-refractivity contribution in [2.45, 2.75) is 45.1 Å². The van der Waals surface area contributed by atoms with Gasteiger partial charge in [0.15, 0.2) is 9.84 Å². The van der Waals surface area contributed by atoms with Crippen LogP contribution in [0, 0.1) is 0 Å². The quantitative estimate of drug-likeness (QED) is 0.638. The van der Waals surface area contributed by atoms with Crippen molar-refractivity contribution < 1.29 is 13.2 Å². The molecule has 0 unspecified atom stereocenters. The molecule has 0 aromatic heterocycles. The fraction of sp³-hybridized carbons (Fsp3) is 1.00. The van der Waals surface area contributed by atoms with Crippen LogP contribution in [0.5, 0.6) is 0 Å². The Kier molecular flexibility index (Phi) is 7.08. The summed E-state index contributed by atoms with van der Waals surface area (Å²) in [5.74, 6) is 0.539. The molecular weight excluding hydrogens is 238 g/mol. The van der Waals surface area contributed by atoms with Crippen LogP contribution in [0.15, 0.2) is 0 Å². The Morgan fingerprint density at radius 2 is 1.88 bits per heavy atom. The van der Waals surface area contributed by atoms with E-state index in [1.165, 1.54) is 25.7 Å². The molecule has 5 heteroatoms. The molecule has 0 aromatic rings. The highest BCUT2D eigenvalue weighted by atomic mass is 32.2. The molecule has 0 saturated heterocycles. The lowest BCUT2D eigenvalue weighted by molar-refractivity contribution is 0.0606. The van der Waals surface area contributed by atoms with E-state index in [1.807, 2.05) is 6.92 Å². The Labute approximate surface area is 105 Å². The molecule has 1 fully saturated rings. The maximum Gasteiger partial charge on any atom is 0.151 e. The first-order chi connectivity index (χ1) is 8.14. The largest absolute Gasteiger partial charge is 0.377 e. The van der Waals surface area contributed by atoms with E-state index >= 15 is 0 Å². The van der Waals surface area contributed by atoms with Crippen LogP contribution >= 0.6 is 0 Å². The van der Waals surface area contributed by atoms with E-state index in [1.54, 1.807) is 0 Å². The van der Waals surface area contributed by atoms with Gasteiger partial charge in [-0.05, 0) is 19.3 Å². The summed E-state index contributed by atoms with van der Waals surface area (Å²) in [6, 6.07) is 0. The summed E-state index contributed by atoms with van der Waals surface area (Å²) in [5, 5.41) is 3.12. The molecule has 1 N–H and O–H groups in total. The maximum absolute atomic E-state index is 11.4. The Morgan fingerprint density at radius 1 is 1.18 bits per heavy atom. The number of hydrogen-bond acceptors (Lipinski definition) is 4. The third-order valence-electron chi connectivity index (χ3n) is 3.04. The van der Waals surface area contributed by atoms with Gasteiger partial charge in [0.1, 0.15) is 0 Å². The van der Waals surface area contributed by atoms with Gasteiger partial charge < -0.3 is 10.1 Å². The molecule has 1 saturated carbocycles. The van der Waals surface area contributed by atoms with Crippen molar-refractivity contribution in [3.63, 3.8) is 0 Å². The van der Waals surface area contributed by atoms with Gasteiger partial charge in [0, 0.05) is 18.8 Å². The van der Waals surface area contributed by atoms with Crippen molar-refractivity contribution in [1.82, 2.24) is 5.32 Å². The van der Waals surface area contributed by atoms with Crippen LogP contribution in [0.3, 0.4) is 0 Å². The summed E-state index contributed by atoms with van der Waals surface area (Å²) in [4.78, 5) is 0. The highest BCUT2D eigenvalue weighted by Crippen LogP contribution is 2.20. The van der Waals surface area contributed by atoms with Crippen LogP contribution in [0.25, 0.3) is 0 Å². The molecule has 0 aliphatic heterocycles. The zero-order valence-corrected chi connectivity index (χ0v) is 11.6. The van der Waals surface area contributed by atoms with Gasteiger partial charge in [-0.1, -0.05) is 19.8 Å². The number of nitrogens with one attached hydrogen (secondary N) is 1. The molecule has 1 aliphatic rings. The summed E-state index contributed by atoms with van der Waals surface area (Å²) in [7, 11) is -2.84. The Hall–Kier alpha value is -0.130. The van der Waals surface area contributed by atoms with Gasteiger partial charge in [-0.2, -0.15) is 0 Å². The monoisotopic (exact) mass is 263 g/mol. The van der Waals surface area contributed by atoms with Gasteiger partial charge >= 0.3 is 0 Å². The predicted octanol–water partition coefficient (Wildman–Crippen LogP) is 1.36. The number of ether oxygens (including phenoxy) is 1. The molecule has 0 amide bonds. The third kappa shape index (κ3) is 7.01. The molecule has 1 aliphatic carbocycles. The molecule has 102 valence electrons. The fourth-order valence-electron chi connectivity index (χ4n) is 2.12. The first kappa shape index (κ1) is 14.9. The van der Waals surface area contributed by atoms with E-state index < -0.39 is 9.84 Å². The molecule has 17 heavy (non-hydrogen) atoms. The maximum atomic E-state index is 11.4. The normalized spacial score (nSPS) is 17.7. The van der Waals surface area contributed by atoms with Gasteiger partial charge in [0.2, 0.25) is 0 Å². The number of sulfone groups is 1. The summed E-state index contributed by atoms with van der Waals surface area (Å²) < 4.78 is 28.5. The summed E-state index contributed by atoms with van der Waals surface area (Å²) in [6.45, 7) is 3.87. The van der Waals surface area contributed by atoms with Crippen LogP contribution in [0.4, 0.5) is 0 Å². The van der Waals surface area contributed by atoms with Crippen LogP contribution in [0.1, 0.15) is 39.0 Å². The second kappa shape index (κ2) is 8.06. The predicted molar refractivity (Wildman–Crippen MR) is 70.0 cm³/mol. The molecule has 0 bridgehead atoms. The zero-order chi connectivity index (χ0) is 12.6. The highest BCUT2D eigenvalue weighted by molar-refractivity contribution is 7.91. The SMILES string of the molecule is CCCS(=O)(=O)CCNCCOC1CCCC1. The lowest BCUT2D eigenvalue weighted by Crippen LogP contribution is -2.28. The first-order valence-electron chi connectivity index (χ1n) is 6.67. The minimum Gasteiger partial charge on any atom is -0.377 e. The van der Waals surface area contributed by atoms with Crippen LogP contribution in [-0.4, -0.2) is 45.7 Å². The smallest absolute Gasteiger partial charge is 0.151 e. The molecule has 0 radical (unpaired) electrons. The molecule has 0 spiro atoms. The van der Waals surface area contributed by atoms with Gasteiger partial charge in [-0.3, -0.25) is 0 Å². The molecule has 0 heterocycles. The van der Waals surface area contributed by atoms with E-state index in [-0.39, 0.29) is 5.75 Å². The minimum absolute atomic E-state index is 0.240. The number of hydrogen-bond donors (Lipinski definition) is 1. The Morgan fingerprint density at radius 3 is 2.53 bits per heavy atom. The second-order valence-corrected chi connectivity index (χ2v) is 6.98. The Balaban J connectivity index is 1.93. The first-order valence-corrected chi connectivity index (χ1v) is 8.49. The fourth-order valence-corrected chi connectivity index (χ4v) is 3.40. The van der Waals surface area contributed by atoms with E-state index in [4.69, 9.17) is 4.74 Å². The van der Waals surface area contributed by atoms with Crippen LogP contribution < -0.4 is 5.32 Å². The van der Waals surface area contributed by atoms with Crippen molar-refractivity contribution in [1.29, 1.82) is 0 Å². The topological polar surface area (TPSA) is 55.4 Å². The summed E-state index contributed by atoms with van der Waals surface area (Å²) >= 11 is 0. The molecular formula is C12H25NO3S. The average molecular weight is 263 g/mol. The second-order valence-electron chi connectivity index (χ2n) is 4.68.